The molecule has 0 heterocycles. The molecule has 2 N–H and O–H groups in total. The van der Waals surface area contributed by atoms with Crippen LogP contribution in [0, 0.1) is 28.4 Å². The summed E-state index contributed by atoms with van der Waals surface area (Å²) in [5, 5.41) is 19.4. The first-order valence-electron chi connectivity index (χ1n) is 3.97. The molecule has 0 aliphatic rings. The summed E-state index contributed by atoms with van der Waals surface area (Å²) < 4.78 is 0. The van der Waals surface area contributed by atoms with Crippen molar-refractivity contribution in [1.29, 1.82) is 5.26 Å². The van der Waals surface area contributed by atoms with Crippen molar-refractivity contribution in [1.82, 2.24) is 0 Å². The van der Waals surface area contributed by atoms with E-state index in [4.69, 9.17) is 11.0 Å². The summed E-state index contributed by atoms with van der Waals surface area (Å²) in [7, 11) is 0. The van der Waals surface area contributed by atoms with E-state index in [2.05, 4.69) is 0 Å². The molecule has 0 aliphatic carbocycles. The third kappa shape index (κ3) is 1.76. The molecule has 0 spiro atoms. The van der Waals surface area contributed by atoms with Crippen LogP contribution in [0.5, 0.6) is 0 Å². The van der Waals surface area contributed by atoms with Gasteiger partial charge in [0.05, 0.1) is 16.6 Å². The molecule has 6 nitrogen and oxygen atoms in total. The van der Waals surface area contributed by atoms with Crippen LogP contribution in [0.3, 0.4) is 0 Å². The highest BCUT2D eigenvalue weighted by Gasteiger charge is 2.23. The van der Waals surface area contributed by atoms with Gasteiger partial charge in [0.25, 0.3) is 11.6 Å². The lowest BCUT2D eigenvalue weighted by Crippen LogP contribution is -2.14. The summed E-state index contributed by atoms with van der Waals surface area (Å²) in [5.41, 5.74) is 4.71. The van der Waals surface area contributed by atoms with Crippen LogP contribution in [0.2, 0.25) is 0 Å². The molecule has 0 aromatic heterocycles. The number of primary amides is 1. The average Bonchev–Trinajstić information content (AvgIpc) is 2.16. The van der Waals surface area contributed by atoms with Crippen molar-refractivity contribution in [3.8, 4) is 6.07 Å². The van der Waals surface area contributed by atoms with E-state index in [9.17, 15) is 14.9 Å². The van der Waals surface area contributed by atoms with Gasteiger partial charge in [0.15, 0.2) is 0 Å². The number of carbonyl (C=O) groups is 1. The predicted octanol–water partition coefficient (Wildman–Crippen LogP) is 0.874. The Morgan fingerprint density at radius 3 is 2.60 bits per heavy atom. The normalized spacial score (nSPS) is 9.33. The second-order valence-corrected chi connectivity index (χ2v) is 2.87. The zero-order valence-corrected chi connectivity index (χ0v) is 7.85. The van der Waals surface area contributed by atoms with E-state index in [0.717, 1.165) is 0 Å². The van der Waals surface area contributed by atoms with E-state index in [-0.39, 0.29) is 16.7 Å². The monoisotopic (exact) mass is 205 g/mol. The van der Waals surface area contributed by atoms with Crippen molar-refractivity contribution in [2.75, 3.05) is 0 Å². The maximum Gasteiger partial charge on any atom is 0.286 e. The number of hydrogen-bond donors (Lipinski definition) is 1. The molecule has 0 fully saturated rings. The summed E-state index contributed by atoms with van der Waals surface area (Å²) in [6.45, 7) is 1.41. The van der Waals surface area contributed by atoms with Gasteiger partial charge in [0.2, 0.25) is 0 Å². The summed E-state index contributed by atoms with van der Waals surface area (Å²) in [4.78, 5) is 20.9. The first-order chi connectivity index (χ1) is 6.99. The summed E-state index contributed by atoms with van der Waals surface area (Å²) in [5.74, 6) is -0.880. The molecule has 0 saturated carbocycles. The van der Waals surface area contributed by atoms with Gasteiger partial charge >= 0.3 is 0 Å². The standard InChI is InChI=1S/C9H7N3O3/c1-5-6(4-10)2-3-7(9(11)13)8(5)12(14)15/h2-3H,1H3,(H2,11,13). The van der Waals surface area contributed by atoms with Crippen molar-refractivity contribution in [3.05, 3.63) is 38.9 Å². The number of nitrogens with zero attached hydrogens (tertiary/aromatic N) is 2. The largest absolute Gasteiger partial charge is 0.365 e. The Morgan fingerprint density at radius 1 is 1.60 bits per heavy atom. The summed E-state index contributed by atoms with van der Waals surface area (Å²) in [6.07, 6.45) is 0. The number of nitro groups is 1. The molecule has 0 aliphatic heterocycles. The smallest absolute Gasteiger partial charge is 0.286 e. The fourth-order valence-electron chi connectivity index (χ4n) is 1.26. The van der Waals surface area contributed by atoms with E-state index >= 15 is 0 Å². The van der Waals surface area contributed by atoms with Gasteiger partial charge in [-0.2, -0.15) is 5.26 Å². The van der Waals surface area contributed by atoms with Crippen molar-refractivity contribution < 1.29 is 9.72 Å². The van der Waals surface area contributed by atoms with Crippen LogP contribution < -0.4 is 5.73 Å². The molecule has 1 aromatic rings. The summed E-state index contributed by atoms with van der Waals surface area (Å²) >= 11 is 0. The van der Waals surface area contributed by atoms with Gasteiger partial charge in [-0.3, -0.25) is 14.9 Å². The molecule has 1 amide bonds. The minimum absolute atomic E-state index is 0.152. The Balaban J connectivity index is 3.60. The van der Waals surface area contributed by atoms with Crippen LogP contribution in [0.1, 0.15) is 21.5 Å². The van der Waals surface area contributed by atoms with Crippen molar-refractivity contribution in [2.24, 2.45) is 5.73 Å². The Hall–Kier alpha value is -2.42. The second kappa shape index (κ2) is 3.75. The quantitative estimate of drug-likeness (QED) is 0.570. The highest BCUT2D eigenvalue weighted by atomic mass is 16.6. The number of amides is 1. The van der Waals surface area contributed by atoms with Gasteiger partial charge in [-0.25, -0.2) is 0 Å². The molecule has 0 saturated heterocycles. The van der Waals surface area contributed by atoms with Gasteiger partial charge in [-0.15, -0.1) is 0 Å². The van der Waals surface area contributed by atoms with Gasteiger partial charge in [0.1, 0.15) is 5.56 Å². The summed E-state index contributed by atoms with van der Waals surface area (Å²) in [6, 6.07) is 4.32. The first kappa shape index (κ1) is 10.7. The molecule has 6 heteroatoms. The van der Waals surface area contributed by atoms with Crippen LogP contribution >= 0.6 is 0 Å². The van der Waals surface area contributed by atoms with Gasteiger partial charge in [-0.05, 0) is 19.1 Å². The highest BCUT2D eigenvalue weighted by Crippen LogP contribution is 2.25. The van der Waals surface area contributed by atoms with Crippen LogP contribution in [-0.2, 0) is 0 Å². The fraction of sp³-hybridized carbons (Fsp3) is 0.111. The van der Waals surface area contributed by atoms with Crippen LogP contribution in [0.15, 0.2) is 12.1 Å². The molecule has 76 valence electrons. The molecule has 0 unspecified atom stereocenters. The molecular formula is C9H7N3O3. The topological polar surface area (TPSA) is 110 Å². The van der Waals surface area contributed by atoms with Crippen LogP contribution in [0.25, 0.3) is 0 Å². The number of rotatable bonds is 2. The Bertz CT molecular complexity index is 488. The molecule has 0 bridgehead atoms. The molecular weight excluding hydrogens is 198 g/mol. The Labute approximate surface area is 85.1 Å². The second-order valence-electron chi connectivity index (χ2n) is 2.87. The average molecular weight is 205 g/mol. The number of nitro benzene ring substituents is 1. The lowest BCUT2D eigenvalue weighted by atomic mass is 10.0. The Morgan fingerprint density at radius 2 is 2.20 bits per heavy atom. The lowest BCUT2D eigenvalue weighted by Gasteiger charge is -2.03. The first-order valence-corrected chi connectivity index (χ1v) is 3.97. The Kier molecular flexibility index (Phi) is 2.67. The van der Waals surface area contributed by atoms with E-state index in [1.165, 1.54) is 19.1 Å². The van der Waals surface area contributed by atoms with Crippen LogP contribution in [0.4, 0.5) is 5.69 Å². The highest BCUT2D eigenvalue weighted by molar-refractivity contribution is 5.97. The number of nitrogens with two attached hydrogens (primary N) is 1. The zero-order chi connectivity index (χ0) is 11.6. The maximum atomic E-state index is 10.9. The van der Waals surface area contributed by atoms with Crippen molar-refractivity contribution in [2.45, 2.75) is 6.92 Å². The zero-order valence-electron chi connectivity index (χ0n) is 7.85. The van der Waals surface area contributed by atoms with Crippen molar-refractivity contribution >= 4 is 11.6 Å². The molecule has 0 atom stereocenters. The molecule has 0 radical (unpaired) electrons. The van der Waals surface area contributed by atoms with Gasteiger partial charge < -0.3 is 5.73 Å². The third-order valence-electron chi connectivity index (χ3n) is 2.00. The van der Waals surface area contributed by atoms with E-state index in [1.807, 2.05) is 0 Å². The third-order valence-corrected chi connectivity index (χ3v) is 2.00. The number of carbonyl (C=O) groups excluding carboxylic acids is 1. The molecule has 15 heavy (non-hydrogen) atoms. The minimum Gasteiger partial charge on any atom is -0.365 e. The van der Waals surface area contributed by atoms with Crippen LogP contribution in [-0.4, -0.2) is 10.8 Å². The van der Waals surface area contributed by atoms with Gasteiger partial charge in [0, 0.05) is 5.56 Å². The van der Waals surface area contributed by atoms with E-state index in [0.29, 0.717) is 0 Å². The number of benzene rings is 1. The number of nitriles is 1. The number of hydrogen-bond acceptors (Lipinski definition) is 4. The van der Waals surface area contributed by atoms with Crippen molar-refractivity contribution in [3.63, 3.8) is 0 Å². The molecule has 1 rings (SSSR count). The predicted molar refractivity (Wildman–Crippen MR) is 51.1 cm³/mol. The fourth-order valence-corrected chi connectivity index (χ4v) is 1.26. The van der Waals surface area contributed by atoms with E-state index < -0.39 is 16.5 Å². The van der Waals surface area contributed by atoms with Gasteiger partial charge in [-0.1, -0.05) is 0 Å². The molecule has 1 aromatic carbocycles. The lowest BCUT2D eigenvalue weighted by molar-refractivity contribution is -0.385. The maximum absolute atomic E-state index is 10.9. The van der Waals surface area contributed by atoms with E-state index in [1.54, 1.807) is 6.07 Å². The minimum atomic E-state index is -0.880. The SMILES string of the molecule is Cc1c(C#N)ccc(C(N)=O)c1[N+](=O)[O-].